The topological polar surface area (TPSA) is 65.4 Å². The van der Waals surface area contributed by atoms with Crippen molar-refractivity contribution in [3.63, 3.8) is 0 Å². The molecule has 0 saturated carbocycles. The summed E-state index contributed by atoms with van der Waals surface area (Å²) in [6, 6.07) is 12.8. The highest BCUT2D eigenvalue weighted by molar-refractivity contribution is 6.32. The minimum atomic E-state index is -0.416. The minimum Gasteiger partial charge on any atom is -0.489 e. The zero-order valence-electron chi connectivity index (χ0n) is 13.6. The first-order chi connectivity index (χ1) is 12.0. The Morgan fingerprint density at radius 1 is 1.36 bits per heavy atom. The zero-order chi connectivity index (χ0) is 18.2. The van der Waals surface area contributed by atoms with Gasteiger partial charge in [-0.05, 0) is 37.4 Å². The van der Waals surface area contributed by atoms with E-state index in [9.17, 15) is 9.18 Å². The Labute approximate surface area is 150 Å². The standard InChI is InChI=1S/C18H17ClFN3O2/c1-23(8-9-25-17-5-3-2-4-16(17)20)12-18(24)22-14-7-6-13(11-21)15(19)10-14/h2-7,10H,8-9,12H2,1H3,(H,22,24). The van der Waals surface area contributed by atoms with Gasteiger partial charge in [0, 0.05) is 12.2 Å². The minimum absolute atomic E-state index is 0.137. The summed E-state index contributed by atoms with van der Waals surface area (Å²) in [4.78, 5) is 13.8. The second-order valence-corrected chi connectivity index (χ2v) is 5.78. The molecule has 0 fully saturated rings. The fourth-order valence-electron chi connectivity index (χ4n) is 2.08. The number of nitriles is 1. The zero-order valence-corrected chi connectivity index (χ0v) is 14.4. The molecule has 2 aromatic carbocycles. The van der Waals surface area contributed by atoms with Crippen LogP contribution in [0.1, 0.15) is 5.56 Å². The number of ether oxygens (including phenoxy) is 1. The number of carbonyl (C=O) groups excluding carboxylic acids is 1. The smallest absolute Gasteiger partial charge is 0.238 e. The summed E-state index contributed by atoms with van der Waals surface area (Å²) in [6.45, 7) is 0.849. The van der Waals surface area contributed by atoms with Crippen LogP contribution < -0.4 is 10.1 Å². The highest BCUT2D eigenvalue weighted by atomic mass is 35.5. The molecule has 0 aromatic heterocycles. The van der Waals surface area contributed by atoms with Gasteiger partial charge in [0.05, 0.1) is 17.1 Å². The van der Waals surface area contributed by atoms with Gasteiger partial charge in [-0.25, -0.2) is 4.39 Å². The van der Waals surface area contributed by atoms with E-state index in [4.69, 9.17) is 21.6 Å². The summed E-state index contributed by atoms with van der Waals surface area (Å²) in [6.07, 6.45) is 0. The number of nitrogens with one attached hydrogen (secondary N) is 1. The lowest BCUT2D eigenvalue weighted by Crippen LogP contribution is -2.33. The Bertz CT molecular complexity index is 792. The number of hydrogen-bond donors (Lipinski definition) is 1. The number of rotatable bonds is 7. The van der Waals surface area contributed by atoms with Crippen molar-refractivity contribution >= 4 is 23.2 Å². The third-order valence-corrected chi connectivity index (χ3v) is 3.67. The van der Waals surface area contributed by atoms with E-state index in [1.807, 2.05) is 6.07 Å². The predicted molar refractivity (Wildman–Crippen MR) is 94.2 cm³/mol. The summed E-state index contributed by atoms with van der Waals surface area (Å²) in [5, 5.41) is 11.8. The molecule has 0 unspecified atom stereocenters. The van der Waals surface area contributed by atoms with Crippen LogP contribution >= 0.6 is 11.6 Å². The van der Waals surface area contributed by atoms with Crippen molar-refractivity contribution < 1.29 is 13.9 Å². The molecule has 2 aromatic rings. The summed E-state index contributed by atoms with van der Waals surface area (Å²) in [5.74, 6) is -0.456. The van der Waals surface area contributed by atoms with Crippen molar-refractivity contribution in [3.05, 3.63) is 58.9 Å². The van der Waals surface area contributed by atoms with Crippen LogP contribution in [0.5, 0.6) is 5.75 Å². The molecule has 0 atom stereocenters. The Kier molecular flexibility index (Phi) is 6.75. The molecule has 0 aliphatic rings. The lowest BCUT2D eigenvalue weighted by Gasteiger charge is -2.17. The van der Waals surface area contributed by atoms with Crippen LogP contribution in [-0.4, -0.2) is 37.6 Å². The highest BCUT2D eigenvalue weighted by Gasteiger charge is 2.09. The number of hydrogen-bond acceptors (Lipinski definition) is 4. The molecule has 2 rings (SSSR count). The molecule has 130 valence electrons. The van der Waals surface area contributed by atoms with Crippen molar-refractivity contribution in [1.82, 2.24) is 4.90 Å². The van der Waals surface area contributed by atoms with Crippen LogP contribution in [0.15, 0.2) is 42.5 Å². The monoisotopic (exact) mass is 361 g/mol. The Hall–Kier alpha value is -2.62. The molecule has 25 heavy (non-hydrogen) atoms. The van der Waals surface area contributed by atoms with E-state index in [1.54, 1.807) is 42.3 Å². The molecule has 1 N–H and O–H groups in total. The molecule has 0 saturated heterocycles. The van der Waals surface area contributed by atoms with Gasteiger partial charge in [0.1, 0.15) is 12.7 Å². The number of carbonyl (C=O) groups is 1. The molecule has 0 aliphatic carbocycles. The van der Waals surface area contributed by atoms with Crippen LogP contribution in [0, 0.1) is 17.1 Å². The van der Waals surface area contributed by atoms with E-state index in [2.05, 4.69) is 5.32 Å². The van der Waals surface area contributed by atoms with Gasteiger partial charge in [0.25, 0.3) is 0 Å². The number of likely N-dealkylation sites (N-methyl/N-ethyl adjacent to an activating group) is 1. The molecule has 7 heteroatoms. The normalized spacial score (nSPS) is 10.4. The van der Waals surface area contributed by atoms with Crippen LogP contribution in [0.2, 0.25) is 5.02 Å². The van der Waals surface area contributed by atoms with E-state index in [0.29, 0.717) is 17.8 Å². The van der Waals surface area contributed by atoms with Crippen molar-refractivity contribution in [2.75, 3.05) is 32.1 Å². The fourth-order valence-corrected chi connectivity index (χ4v) is 2.30. The average Bonchev–Trinajstić information content (AvgIpc) is 2.56. The van der Waals surface area contributed by atoms with Crippen LogP contribution in [0.3, 0.4) is 0 Å². The van der Waals surface area contributed by atoms with Crippen molar-refractivity contribution in [2.45, 2.75) is 0 Å². The Morgan fingerprint density at radius 3 is 2.80 bits per heavy atom. The van der Waals surface area contributed by atoms with Crippen LogP contribution in [0.4, 0.5) is 10.1 Å². The quantitative estimate of drug-likeness (QED) is 0.821. The number of anilines is 1. The van der Waals surface area contributed by atoms with Gasteiger partial charge in [-0.3, -0.25) is 9.69 Å². The van der Waals surface area contributed by atoms with Gasteiger partial charge in [-0.2, -0.15) is 5.26 Å². The van der Waals surface area contributed by atoms with Gasteiger partial charge in [-0.15, -0.1) is 0 Å². The summed E-state index contributed by atoms with van der Waals surface area (Å²) in [5.41, 5.74) is 0.868. The SMILES string of the molecule is CN(CCOc1ccccc1F)CC(=O)Nc1ccc(C#N)c(Cl)c1. The third-order valence-electron chi connectivity index (χ3n) is 3.35. The Morgan fingerprint density at radius 2 is 2.12 bits per heavy atom. The summed E-state index contributed by atoms with van der Waals surface area (Å²) < 4.78 is 18.8. The van der Waals surface area contributed by atoms with E-state index >= 15 is 0 Å². The molecule has 0 heterocycles. The van der Waals surface area contributed by atoms with E-state index in [1.165, 1.54) is 12.1 Å². The van der Waals surface area contributed by atoms with Crippen LogP contribution in [0.25, 0.3) is 0 Å². The molecule has 0 radical (unpaired) electrons. The van der Waals surface area contributed by atoms with Crippen molar-refractivity contribution in [1.29, 1.82) is 5.26 Å². The largest absolute Gasteiger partial charge is 0.489 e. The maximum absolute atomic E-state index is 13.4. The third kappa shape index (κ3) is 5.75. The highest BCUT2D eigenvalue weighted by Crippen LogP contribution is 2.20. The second kappa shape index (κ2) is 9.02. The molecular formula is C18H17ClFN3O2. The van der Waals surface area contributed by atoms with E-state index < -0.39 is 5.82 Å². The number of benzene rings is 2. The summed E-state index contributed by atoms with van der Waals surface area (Å²) >= 11 is 5.93. The first-order valence-electron chi connectivity index (χ1n) is 7.55. The predicted octanol–water partition coefficient (Wildman–Crippen LogP) is 3.30. The number of halogens is 2. The van der Waals surface area contributed by atoms with Gasteiger partial charge in [0.2, 0.25) is 5.91 Å². The van der Waals surface area contributed by atoms with Crippen LogP contribution in [-0.2, 0) is 4.79 Å². The van der Waals surface area contributed by atoms with Gasteiger partial charge in [0.15, 0.2) is 11.6 Å². The lowest BCUT2D eigenvalue weighted by molar-refractivity contribution is -0.117. The first-order valence-corrected chi connectivity index (χ1v) is 7.93. The average molecular weight is 362 g/mol. The lowest BCUT2D eigenvalue weighted by atomic mass is 10.2. The van der Waals surface area contributed by atoms with Crippen molar-refractivity contribution in [3.8, 4) is 11.8 Å². The molecule has 0 spiro atoms. The number of para-hydroxylation sites is 1. The molecule has 5 nitrogen and oxygen atoms in total. The van der Waals surface area contributed by atoms with E-state index in [-0.39, 0.29) is 29.8 Å². The Balaban J connectivity index is 1.77. The van der Waals surface area contributed by atoms with Gasteiger partial charge < -0.3 is 10.1 Å². The number of amides is 1. The maximum Gasteiger partial charge on any atom is 0.238 e. The van der Waals surface area contributed by atoms with Gasteiger partial charge >= 0.3 is 0 Å². The molecule has 1 amide bonds. The summed E-state index contributed by atoms with van der Waals surface area (Å²) in [7, 11) is 1.76. The molecule has 0 bridgehead atoms. The van der Waals surface area contributed by atoms with Crippen molar-refractivity contribution in [2.24, 2.45) is 0 Å². The first kappa shape index (κ1) is 18.7. The molecular weight excluding hydrogens is 345 g/mol. The maximum atomic E-state index is 13.4. The number of nitrogens with zero attached hydrogens (tertiary/aromatic N) is 2. The van der Waals surface area contributed by atoms with E-state index in [0.717, 1.165) is 0 Å². The second-order valence-electron chi connectivity index (χ2n) is 5.37. The fraction of sp³-hybridized carbons (Fsp3) is 0.222. The molecule has 0 aliphatic heterocycles. The van der Waals surface area contributed by atoms with Gasteiger partial charge in [-0.1, -0.05) is 23.7 Å².